The summed E-state index contributed by atoms with van der Waals surface area (Å²) in [6.07, 6.45) is 0. The highest BCUT2D eigenvalue weighted by Gasteiger charge is 2.10. The molecule has 0 unspecified atom stereocenters. The van der Waals surface area contributed by atoms with E-state index >= 15 is 0 Å². The van der Waals surface area contributed by atoms with Gasteiger partial charge in [0.2, 0.25) is 5.88 Å². The summed E-state index contributed by atoms with van der Waals surface area (Å²) in [5.41, 5.74) is 0.875. The molecule has 0 aliphatic carbocycles. The van der Waals surface area contributed by atoms with Crippen molar-refractivity contribution in [2.24, 2.45) is 0 Å². The zero-order chi connectivity index (χ0) is 14.5. The van der Waals surface area contributed by atoms with Gasteiger partial charge in [0, 0.05) is 13.1 Å². The second kappa shape index (κ2) is 6.23. The van der Waals surface area contributed by atoms with Crippen LogP contribution in [0.1, 0.15) is 18.3 Å². The minimum absolute atomic E-state index is 0.551. The standard InChI is InChI=1S/C15H19N3O2/c1-5-19-12-7-6-8-13(9-12)20-15-10(2)14(16-4)17-11(3)18-15/h6-9H,5H2,1-4H3,(H,16,17,18). The first-order chi connectivity index (χ1) is 9.63. The molecular formula is C15H19N3O2. The Morgan fingerprint density at radius 1 is 1.15 bits per heavy atom. The number of aryl methyl sites for hydroxylation is 1. The van der Waals surface area contributed by atoms with E-state index < -0.39 is 0 Å². The summed E-state index contributed by atoms with van der Waals surface area (Å²) in [5, 5.41) is 3.04. The fourth-order valence-electron chi connectivity index (χ4n) is 1.85. The Bertz CT molecular complexity index is 600. The number of anilines is 1. The molecule has 0 saturated heterocycles. The molecule has 2 aromatic rings. The molecule has 1 heterocycles. The van der Waals surface area contributed by atoms with Gasteiger partial charge in [0.05, 0.1) is 12.2 Å². The number of nitrogens with one attached hydrogen (secondary N) is 1. The Morgan fingerprint density at radius 2 is 1.90 bits per heavy atom. The maximum absolute atomic E-state index is 5.85. The number of benzene rings is 1. The third-order valence-corrected chi connectivity index (χ3v) is 2.78. The van der Waals surface area contributed by atoms with Crippen molar-refractivity contribution >= 4 is 5.82 Å². The molecule has 1 N–H and O–H groups in total. The van der Waals surface area contributed by atoms with Crippen molar-refractivity contribution in [3.05, 3.63) is 35.7 Å². The van der Waals surface area contributed by atoms with Gasteiger partial charge in [-0.1, -0.05) is 6.07 Å². The second-order valence-corrected chi connectivity index (χ2v) is 4.31. The monoisotopic (exact) mass is 273 g/mol. The highest BCUT2D eigenvalue weighted by Crippen LogP contribution is 2.28. The Morgan fingerprint density at radius 3 is 2.60 bits per heavy atom. The first kappa shape index (κ1) is 14.1. The first-order valence-corrected chi connectivity index (χ1v) is 6.57. The molecule has 0 aliphatic rings. The number of hydrogen-bond acceptors (Lipinski definition) is 5. The molecule has 0 aliphatic heterocycles. The van der Waals surface area contributed by atoms with Crippen molar-refractivity contribution in [3.8, 4) is 17.4 Å². The average Bonchev–Trinajstić information content (AvgIpc) is 2.43. The Hall–Kier alpha value is -2.30. The molecule has 2 rings (SSSR count). The lowest BCUT2D eigenvalue weighted by Crippen LogP contribution is -2.03. The number of ether oxygens (including phenoxy) is 2. The Kier molecular flexibility index (Phi) is 4.40. The van der Waals surface area contributed by atoms with Crippen LogP contribution in [0.5, 0.6) is 17.4 Å². The van der Waals surface area contributed by atoms with Gasteiger partial charge in [-0.3, -0.25) is 0 Å². The zero-order valence-electron chi connectivity index (χ0n) is 12.2. The van der Waals surface area contributed by atoms with Gasteiger partial charge in [0.25, 0.3) is 0 Å². The predicted molar refractivity (Wildman–Crippen MR) is 78.7 cm³/mol. The molecule has 1 aromatic heterocycles. The maximum Gasteiger partial charge on any atom is 0.227 e. The predicted octanol–water partition coefficient (Wildman–Crippen LogP) is 3.33. The lowest BCUT2D eigenvalue weighted by atomic mass is 10.3. The molecule has 1 aromatic carbocycles. The molecule has 20 heavy (non-hydrogen) atoms. The molecule has 0 radical (unpaired) electrons. The molecule has 5 heteroatoms. The van der Waals surface area contributed by atoms with Gasteiger partial charge in [-0.2, -0.15) is 4.98 Å². The van der Waals surface area contributed by atoms with Crippen LogP contribution in [0, 0.1) is 13.8 Å². The summed E-state index contributed by atoms with van der Waals surface area (Å²) in [7, 11) is 1.83. The summed E-state index contributed by atoms with van der Waals surface area (Å²) < 4.78 is 11.3. The normalized spacial score (nSPS) is 10.2. The zero-order valence-corrected chi connectivity index (χ0v) is 12.2. The van der Waals surface area contributed by atoms with Gasteiger partial charge in [0.15, 0.2) is 0 Å². The highest BCUT2D eigenvalue weighted by molar-refractivity contribution is 5.49. The van der Waals surface area contributed by atoms with Crippen molar-refractivity contribution in [1.82, 2.24) is 9.97 Å². The molecule has 0 fully saturated rings. The van der Waals surface area contributed by atoms with Crippen LogP contribution in [0.15, 0.2) is 24.3 Å². The fourth-order valence-corrected chi connectivity index (χ4v) is 1.85. The van der Waals surface area contributed by atoms with E-state index in [9.17, 15) is 0 Å². The quantitative estimate of drug-likeness (QED) is 0.905. The van der Waals surface area contributed by atoms with Gasteiger partial charge in [0.1, 0.15) is 23.1 Å². The third-order valence-electron chi connectivity index (χ3n) is 2.78. The largest absolute Gasteiger partial charge is 0.494 e. The minimum Gasteiger partial charge on any atom is -0.494 e. The lowest BCUT2D eigenvalue weighted by molar-refractivity contribution is 0.338. The molecular weight excluding hydrogens is 254 g/mol. The van der Waals surface area contributed by atoms with E-state index in [1.165, 1.54) is 0 Å². The topological polar surface area (TPSA) is 56.3 Å². The van der Waals surface area contributed by atoms with Crippen LogP contribution < -0.4 is 14.8 Å². The number of aromatic nitrogens is 2. The van der Waals surface area contributed by atoms with Crippen molar-refractivity contribution in [2.75, 3.05) is 19.0 Å². The summed E-state index contributed by atoms with van der Waals surface area (Å²) in [4.78, 5) is 8.65. The summed E-state index contributed by atoms with van der Waals surface area (Å²) in [6, 6.07) is 7.51. The van der Waals surface area contributed by atoms with E-state index in [4.69, 9.17) is 9.47 Å². The van der Waals surface area contributed by atoms with Gasteiger partial charge >= 0.3 is 0 Å². The maximum atomic E-state index is 5.85. The summed E-state index contributed by atoms with van der Waals surface area (Å²) >= 11 is 0. The Labute approximate surface area is 119 Å². The smallest absolute Gasteiger partial charge is 0.227 e. The summed E-state index contributed by atoms with van der Waals surface area (Å²) in [6.45, 7) is 6.33. The average molecular weight is 273 g/mol. The van der Waals surface area contributed by atoms with Crippen molar-refractivity contribution in [2.45, 2.75) is 20.8 Å². The number of nitrogens with zero attached hydrogens (tertiary/aromatic N) is 2. The second-order valence-electron chi connectivity index (χ2n) is 4.31. The van der Waals surface area contributed by atoms with Gasteiger partial charge < -0.3 is 14.8 Å². The van der Waals surface area contributed by atoms with E-state index in [0.29, 0.717) is 24.1 Å². The van der Waals surface area contributed by atoms with Crippen molar-refractivity contribution in [3.63, 3.8) is 0 Å². The number of rotatable bonds is 5. The molecule has 106 valence electrons. The molecule has 0 atom stereocenters. The van der Waals surface area contributed by atoms with Crippen LogP contribution in [0.25, 0.3) is 0 Å². The van der Waals surface area contributed by atoms with Gasteiger partial charge in [-0.05, 0) is 32.9 Å². The number of hydrogen-bond donors (Lipinski definition) is 1. The molecule has 0 amide bonds. The first-order valence-electron chi connectivity index (χ1n) is 6.57. The SMILES string of the molecule is CCOc1cccc(Oc2nc(C)nc(NC)c2C)c1. The highest BCUT2D eigenvalue weighted by atomic mass is 16.5. The van der Waals surface area contributed by atoms with Crippen LogP contribution in [0.4, 0.5) is 5.82 Å². The van der Waals surface area contributed by atoms with Gasteiger partial charge in [-0.15, -0.1) is 0 Å². The van der Waals surface area contributed by atoms with Crippen LogP contribution in [0.3, 0.4) is 0 Å². The van der Waals surface area contributed by atoms with Crippen LogP contribution >= 0.6 is 0 Å². The van der Waals surface area contributed by atoms with Crippen LogP contribution in [0.2, 0.25) is 0 Å². The van der Waals surface area contributed by atoms with Crippen molar-refractivity contribution < 1.29 is 9.47 Å². The fraction of sp³-hybridized carbons (Fsp3) is 0.333. The van der Waals surface area contributed by atoms with Crippen molar-refractivity contribution in [1.29, 1.82) is 0 Å². The molecule has 0 spiro atoms. The van der Waals surface area contributed by atoms with Crippen LogP contribution in [-0.2, 0) is 0 Å². The van der Waals surface area contributed by atoms with Gasteiger partial charge in [-0.25, -0.2) is 4.98 Å². The van der Waals surface area contributed by atoms with E-state index in [-0.39, 0.29) is 0 Å². The Balaban J connectivity index is 2.30. The molecule has 0 saturated carbocycles. The molecule has 0 bridgehead atoms. The van der Waals surface area contributed by atoms with E-state index in [2.05, 4.69) is 15.3 Å². The van der Waals surface area contributed by atoms with E-state index in [1.807, 2.05) is 52.1 Å². The summed E-state index contributed by atoms with van der Waals surface area (Å²) in [5.74, 6) is 3.46. The van der Waals surface area contributed by atoms with E-state index in [0.717, 1.165) is 17.1 Å². The van der Waals surface area contributed by atoms with Crippen LogP contribution in [-0.4, -0.2) is 23.6 Å². The molecule has 5 nitrogen and oxygen atoms in total. The third kappa shape index (κ3) is 3.17. The minimum atomic E-state index is 0.551. The van der Waals surface area contributed by atoms with E-state index in [1.54, 1.807) is 0 Å². The lowest BCUT2D eigenvalue weighted by Gasteiger charge is -2.12.